The molecule has 2 aromatic rings. The lowest BCUT2D eigenvalue weighted by atomic mass is 9.92. The van der Waals surface area contributed by atoms with Gasteiger partial charge in [0.05, 0.1) is 24.5 Å². The normalized spacial score (nSPS) is 17.6. The second-order valence-corrected chi connectivity index (χ2v) is 4.70. The summed E-state index contributed by atoms with van der Waals surface area (Å²) in [5, 5.41) is 3.51. The Kier molecular flexibility index (Phi) is 3.31. The Morgan fingerprint density at radius 1 is 1.21 bits per heavy atom. The minimum atomic E-state index is 0.239. The molecular weight excluding hydrogens is 238 g/mol. The highest BCUT2D eigenvalue weighted by atomic mass is 16.5. The minimum Gasteiger partial charge on any atom is -0.480 e. The summed E-state index contributed by atoms with van der Waals surface area (Å²) in [7, 11) is 1.64. The van der Waals surface area contributed by atoms with Crippen molar-refractivity contribution in [1.29, 1.82) is 0 Å². The molecule has 0 aromatic carbocycles. The molecule has 3 rings (SSSR count). The molecule has 0 spiro atoms. The van der Waals surface area contributed by atoms with E-state index in [4.69, 9.17) is 4.74 Å². The van der Waals surface area contributed by atoms with Crippen molar-refractivity contribution in [2.24, 2.45) is 0 Å². The maximum absolute atomic E-state index is 5.28. The number of aryl methyl sites for hydroxylation is 1. The molecule has 0 bridgehead atoms. The smallest absolute Gasteiger partial charge is 0.237 e. The van der Waals surface area contributed by atoms with Crippen LogP contribution in [0.25, 0.3) is 0 Å². The highest BCUT2D eigenvalue weighted by molar-refractivity contribution is 5.53. The van der Waals surface area contributed by atoms with E-state index in [0.29, 0.717) is 5.88 Å². The average Bonchev–Trinajstić information content (AvgIpc) is 2.48. The summed E-state index contributed by atoms with van der Waals surface area (Å²) < 4.78 is 5.28. The third-order valence-electron chi connectivity index (χ3n) is 3.49. The lowest BCUT2D eigenvalue weighted by molar-refractivity contribution is 0.398. The van der Waals surface area contributed by atoms with Crippen LogP contribution < -0.4 is 10.1 Å². The van der Waals surface area contributed by atoms with Gasteiger partial charge in [0.2, 0.25) is 5.88 Å². The van der Waals surface area contributed by atoms with Crippen molar-refractivity contribution >= 4 is 5.69 Å². The number of hydrogen-bond donors (Lipinski definition) is 1. The van der Waals surface area contributed by atoms with Gasteiger partial charge in [-0.2, -0.15) is 0 Å². The fraction of sp³-hybridized carbons (Fsp3) is 0.333. The number of hydrogen-bond acceptors (Lipinski definition) is 4. The molecule has 0 amide bonds. The van der Waals surface area contributed by atoms with Gasteiger partial charge < -0.3 is 10.1 Å². The summed E-state index contributed by atoms with van der Waals surface area (Å²) in [6, 6.07) is 8.31. The Morgan fingerprint density at radius 3 is 2.95 bits per heavy atom. The van der Waals surface area contributed by atoms with Gasteiger partial charge in [-0.3, -0.25) is 4.98 Å². The SMILES string of the molecule is COc1ncccc1NC1CCCc2cccnc21. The van der Waals surface area contributed by atoms with E-state index in [0.717, 1.165) is 24.2 Å². The Hall–Kier alpha value is -2.10. The molecule has 19 heavy (non-hydrogen) atoms. The third kappa shape index (κ3) is 2.38. The fourth-order valence-corrected chi connectivity index (χ4v) is 2.60. The lowest BCUT2D eigenvalue weighted by Crippen LogP contribution is -2.19. The zero-order chi connectivity index (χ0) is 13.1. The lowest BCUT2D eigenvalue weighted by Gasteiger charge is -2.26. The highest BCUT2D eigenvalue weighted by Crippen LogP contribution is 2.33. The molecule has 0 fully saturated rings. The number of fused-ring (bicyclic) bond motifs is 1. The number of pyridine rings is 2. The number of nitrogens with one attached hydrogen (secondary N) is 1. The van der Waals surface area contributed by atoms with Crippen molar-refractivity contribution in [1.82, 2.24) is 9.97 Å². The predicted molar refractivity (Wildman–Crippen MR) is 74.3 cm³/mol. The van der Waals surface area contributed by atoms with E-state index in [1.54, 1.807) is 13.3 Å². The average molecular weight is 255 g/mol. The number of anilines is 1. The van der Waals surface area contributed by atoms with E-state index in [-0.39, 0.29) is 6.04 Å². The van der Waals surface area contributed by atoms with E-state index in [1.807, 2.05) is 24.4 Å². The minimum absolute atomic E-state index is 0.239. The van der Waals surface area contributed by atoms with Crippen LogP contribution in [-0.2, 0) is 6.42 Å². The molecule has 1 N–H and O–H groups in total. The van der Waals surface area contributed by atoms with Crippen LogP contribution in [0.15, 0.2) is 36.7 Å². The molecule has 1 atom stereocenters. The Morgan fingerprint density at radius 2 is 2.05 bits per heavy atom. The molecule has 1 aliphatic carbocycles. The molecule has 4 nitrogen and oxygen atoms in total. The number of aromatic nitrogens is 2. The van der Waals surface area contributed by atoms with Crippen LogP contribution >= 0.6 is 0 Å². The first kappa shape index (κ1) is 12.0. The topological polar surface area (TPSA) is 47.0 Å². The van der Waals surface area contributed by atoms with Crippen LogP contribution in [-0.4, -0.2) is 17.1 Å². The highest BCUT2D eigenvalue weighted by Gasteiger charge is 2.22. The summed E-state index contributed by atoms with van der Waals surface area (Å²) in [5.74, 6) is 0.630. The van der Waals surface area contributed by atoms with Gasteiger partial charge >= 0.3 is 0 Å². The van der Waals surface area contributed by atoms with Crippen molar-refractivity contribution in [2.75, 3.05) is 12.4 Å². The molecule has 1 unspecified atom stereocenters. The summed E-state index contributed by atoms with van der Waals surface area (Å²) in [6.07, 6.45) is 6.98. The number of rotatable bonds is 3. The molecule has 1 aliphatic rings. The van der Waals surface area contributed by atoms with E-state index in [1.165, 1.54) is 12.0 Å². The van der Waals surface area contributed by atoms with Crippen LogP contribution in [0.5, 0.6) is 5.88 Å². The van der Waals surface area contributed by atoms with Gasteiger partial charge in [0.15, 0.2) is 0 Å². The number of ether oxygens (including phenoxy) is 1. The van der Waals surface area contributed by atoms with Gasteiger partial charge in [-0.15, -0.1) is 0 Å². The monoisotopic (exact) mass is 255 g/mol. The molecule has 2 aromatic heterocycles. The fourth-order valence-electron chi connectivity index (χ4n) is 2.60. The van der Waals surface area contributed by atoms with Gasteiger partial charge in [-0.1, -0.05) is 6.07 Å². The quantitative estimate of drug-likeness (QED) is 0.916. The maximum Gasteiger partial charge on any atom is 0.237 e. The molecule has 0 saturated heterocycles. The summed E-state index contributed by atoms with van der Waals surface area (Å²) in [4.78, 5) is 8.74. The Labute approximate surface area is 112 Å². The van der Waals surface area contributed by atoms with Crippen LogP contribution in [0.2, 0.25) is 0 Å². The first-order valence-electron chi connectivity index (χ1n) is 6.58. The van der Waals surface area contributed by atoms with Crippen LogP contribution in [0.1, 0.15) is 30.1 Å². The van der Waals surface area contributed by atoms with Gasteiger partial charge in [-0.05, 0) is 43.0 Å². The van der Waals surface area contributed by atoms with Crippen LogP contribution in [0, 0.1) is 0 Å². The van der Waals surface area contributed by atoms with E-state index >= 15 is 0 Å². The van der Waals surface area contributed by atoms with Crippen molar-refractivity contribution in [2.45, 2.75) is 25.3 Å². The van der Waals surface area contributed by atoms with Crippen LogP contribution in [0.3, 0.4) is 0 Å². The molecule has 0 radical (unpaired) electrons. The zero-order valence-corrected chi connectivity index (χ0v) is 11.0. The molecular formula is C15H17N3O. The molecule has 0 saturated carbocycles. The first-order valence-corrected chi connectivity index (χ1v) is 6.58. The summed E-state index contributed by atoms with van der Waals surface area (Å²) in [5.41, 5.74) is 3.42. The van der Waals surface area contributed by atoms with Gasteiger partial charge in [0.25, 0.3) is 0 Å². The molecule has 98 valence electrons. The van der Waals surface area contributed by atoms with Gasteiger partial charge in [0, 0.05) is 12.4 Å². The van der Waals surface area contributed by atoms with E-state index in [2.05, 4.69) is 21.4 Å². The Bertz CT molecular complexity index is 571. The number of nitrogens with zero attached hydrogens (tertiary/aromatic N) is 2. The largest absolute Gasteiger partial charge is 0.480 e. The zero-order valence-electron chi connectivity index (χ0n) is 11.0. The summed E-state index contributed by atoms with van der Waals surface area (Å²) in [6.45, 7) is 0. The van der Waals surface area contributed by atoms with Crippen LogP contribution in [0.4, 0.5) is 5.69 Å². The van der Waals surface area contributed by atoms with Gasteiger partial charge in [0.1, 0.15) is 0 Å². The van der Waals surface area contributed by atoms with Crippen molar-refractivity contribution in [3.63, 3.8) is 0 Å². The second kappa shape index (κ2) is 5.26. The molecule has 0 aliphatic heterocycles. The predicted octanol–water partition coefficient (Wildman–Crippen LogP) is 2.97. The molecule has 2 heterocycles. The maximum atomic E-state index is 5.28. The summed E-state index contributed by atoms with van der Waals surface area (Å²) >= 11 is 0. The van der Waals surface area contributed by atoms with Crippen molar-refractivity contribution < 1.29 is 4.74 Å². The third-order valence-corrected chi connectivity index (χ3v) is 3.49. The van der Waals surface area contributed by atoms with E-state index in [9.17, 15) is 0 Å². The standard InChI is InChI=1S/C15H17N3O/c1-19-15-13(8-4-10-17-15)18-12-7-2-5-11-6-3-9-16-14(11)12/h3-4,6,8-10,12,18H,2,5,7H2,1H3. The Balaban J connectivity index is 1.88. The van der Waals surface area contributed by atoms with Crippen molar-refractivity contribution in [3.05, 3.63) is 47.9 Å². The second-order valence-electron chi connectivity index (χ2n) is 4.70. The van der Waals surface area contributed by atoms with E-state index < -0.39 is 0 Å². The first-order chi connectivity index (χ1) is 9.38. The molecule has 4 heteroatoms. The van der Waals surface area contributed by atoms with Gasteiger partial charge in [-0.25, -0.2) is 4.98 Å². The number of methoxy groups -OCH3 is 1. The van der Waals surface area contributed by atoms with Crippen molar-refractivity contribution in [3.8, 4) is 5.88 Å².